The van der Waals surface area contributed by atoms with Crippen LogP contribution in [0.2, 0.25) is 5.02 Å². The number of nitrogens with one attached hydrogen (secondary N) is 1. The molecular formula is C13H18ClNO2S. The highest BCUT2D eigenvalue weighted by atomic mass is 35.5. The minimum Gasteiger partial charge on any atom is -0.480 e. The Balaban J connectivity index is 2.38. The van der Waals surface area contributed by atoms with Crippen molar-refractivity contribution in [2.45, 2.75) is 31.7 Å². The van der Waals surface area contributed by atoms with Crippen LogP contribution in [0.3, 0.4) is 0 Å². The molecule has 100 valence electrons. The van der Waals surface area contributed by atoms with Crippen molar-refractivity contribution in [3.8, 4) is 0 Å². The fourth-order valence-electron chi connectivity index (χ4n) is 1.47. The third-order valence-electron chi connectivity index (χ3n) is 2.30. The summed E-state index contributed by atoms with van der Waals surface area (Å²) >= 11 is 7.40. The Bertz CT molecular complexity index is 381. The molecule has 1 atom stereocenters. The maximum absolute atomic E-state index is 11.0. The van der Waals surface area contributed by atoms with E-state index in [4.69, 9.17) is 16.7 Å². The minimum atomic E-state index is -0.799. The van der Waals surface area contributed by atoms with Crippen molar-refractivity contribution in [2.75, 3.05) is 5.75 Å². The van der Waals surface area contributed by atoms with E-state index in [1.807, 2.05) is 38.1 Å². The number of carboxylic acids is 1. The van der Waals surface area contributed by atoms with Gasteiger partial charge in [-0.3, -0.25) is 4.79 Å². The lowest BCUT2D eigenvalue weighted by atomic mass is 10.2. The summed E-state index contributed by atoms with van der Waals surface area (Å²) in [5, 5.41) is 12.8. The quantitative estimate of drug-likeness (QED) is 0.809. The first-order valence-corrected chi connectivity index (χ1v) is 7.33. The topological polar surface area (TPSA) is 49.3 Å². The first-order chi connectivity index (χ1) is 8.49. The number of hydrogen-bond acceptors (Lipinski definition) is 3. The van der Waals surface area contributed by atoms with Crippen LogP contribution >= 0.6 is 23.4 Å². The van der Waals surface area contributed by atoms with Crippen LogP contribution in [0.4, 0.5) is 0 Å². The largest absolute Gasteiger partial charge is 0.480 e. The van der Waals surface area contributed by atoms with Crippen molar-refractivity contribution in [3.05, 3.63) is 34.9 Å². The molecular weight excluding hydrogens is 270 g/mol. The molecule has 0 aliphatic carbocycles. The van der Waals surface area contributed by atoms with E-state index in [9.17, 15) is 4.79 Å². The molecule has 0 spiro atoms. The molecule has 5 heteroatoms. The Kier molecular flexibility index (Phi) is 6.54. The van der Waals surface area contributed by atoms with E-state index >= 15 is 0 Å². The van der Waals surface area contributed by atoms with Crippen LogP contribution in [0, 0.1) is 0 Å². The molecule has 0 aliphatic rings. The molecule has 0 bridgehead atoms. The standard InChI is InChI=1S/C13H18ClNO2S/c1-9(2)15-12(13(16)17)8-18-7-10-3-5-11(14)6-4-10/h3-6,9,12,15H,7-8H2,1-2H3,(H,16,17). The van der Waals surface area contributed by atoms with Gasteiger partial charge in [-0.2, -0.15) is 11.8 Å². The van der Waals surface area contributed by atoms with Crippen LogP contribution in [-0.4, -0.2) is 28.9 Å². The van der Waals surface area contributed by atoms with Crippen molar-refractivity contribution >= 4 is 29.3 Å². The van der Waals surface area contributed by atoms with Crippen LogP contribution in [0.25, 0.3) is 0 Å². The van der Waals surface area contributed by atoms with Gasteiger partial charge in [0.15, 0.2) is 0 Å². The molecule has 0 fully saturated rings. The number of carbonyl (C=O) groups is 1. The van der Waals surface area contributed by atoms with Crippen molar-refractivity contribution in [1.82, 2.24) is 5.32 Å². The first-order valence-electron chi connectivity index (χ1n) is 5.80. The second-order valence-electron chi connectivity index (χ2n) is 4.35. The molecule has 0 heterocycles. The lowest BCUT2D eigenvalue weighted by molar-refractivity contribution is -0.139. The highest BCUT2D eigenvalue weighted by molar-refractivity contribution is 7.98. The summed E-state index contributed by atoms with van der Waals surface area (Å²) in [5.74, 6) is 0.545. The SMILES string of the molecule is CC(C)NC(CSCc1ccc(Cl)cc1)C(=O)O. The van der Waals surface area contributed by atoms with Gasteiger partial charge in [-0.15, -0.1) is 0 Å². The number of thioether (sulfide) groups is 1. The van der Waals surface area contributed by atoms with Gasteiger partial charge in [-0.25, -0.2) is 0 Å². The summed E-state index contributed by atoms with van der Waals surface area (Å²) in [5.41, 5.74) is 1.15. The average molecular weight is 288 g/mol. The van der Waals surface area contributed by atoms with Gasteiger partial charge in [0, 0.05) is 22.6 Å². The zero-order chi connectivity index (χ0) is 13.5. The van der Waals surface area contributed by atoms with Gasteiger partial charge in [0.1, 0.15) is 6.04 Å². The van der Waals surface area contributed by atoms with Crippen molar-refractivity contribution in [3.63, 3.8) is 0 Å². The number of halogens is 1. The monoisotopic (exact) mass is 287 g/mol. The third kappa shape index (κ3) is 5.76. The molecule has 1 unspecified atom stereocenters. The summed E-state index contributed by atoms with van der Waals surface area (Å²) in [6.45, 7) is 3.89. The van der Waals surface area contributed by atoms with E-state index in [0.29, 0.717) is 10.8 Å². The molecule has 1 rings (SSSR count). The molecule has 1 aromatic rings. The van der Waals surface area contributed by atoms with Crippen LogP contribution in [-0.2, 0) is 10.5 Å². The highest BCUT2D eigenvalue weighted by Crippen LogP contribution is 2.16. The summed E-state index contributed by atoms with van der Waals surface area (Å²) in [6, 6.07) is 7.28. The zero-order valence-electron chi connectivity index (χ0n) is 10.5. The van der Waals surface area contributed by atoms with E-state index in [0.717, 1.165) is 11.3 Å². The molecule has 2 N–H and O–H groups in total. The lowest BCUT2D eigenvalue weighted by Crippen LogP contribution is -2.42. The van der Waals surface area contributed by atoms with Gasteiger partial charge in [0.25, 0.3) is 0 Å². The van der Waals surface area contributed by atoms with Crippen LogP contribution in [0.5, 0.6) is 0 Å². The van der Waals surface area contributed by atoms with Crippen LogP contribution in [0.15, 0.2) is 24.3 Å². The lowest BCUT2D eigenvalue weighted by Gasteiger charge is -2.16. The van der Waals surface area contributed by atoms with Gasteiger partial charge in [0.2, 0.25) is 0 Å². The number of aliphatic carboxylic acids is 1. The molecule has 18 heavy (non-hydrogen) atoms. The number of rotatable bonds is 7. The van der Waals surface area contributed by atoms with E-state index in [1.165, 1.54) is 0 Å². The zero-order valence-corrected chi connectivity index (χ0v) is 12.1. The molecule has 0 amide bonds. The fraction of sp³-hybridized carbons (Fsp3) is 0.462. The Hall–Kier alpha value is -0.710. The highest BCUT2D eigenvalue weighted by Gasteiger charge is 2.17. The fourth-order valence-corrected chi connectivity index (χ4v) is 2.61. The van der Waals surface area contributed by atoms with Gasteiger partial charge in [-0.05, 0) is 17.7 Å². The Morgan fingerprint density at radius 2 is 2.00 bits per heavy atom. The molecule has 3 nitrogen and oxygen atoms in total. The summed E-state index contributed by atoms with van der Waals surface area (Å²) < 4.78 is 0. The predicted molar refractivity (Wildman–Crippen MR) is 77.3 cm³/mol. The van der Waals surface area contributed by atoms with Gasteiger partial charge < -0.3 is 10.4 Å². The Morgan fingerprint density at radius 1 is 1.39 bits per heavy atom. The van der Waals surface area contributed by atoms with Crippen molar-refractivity contribution < 1.29 is 9.90 Å². The summed E-state index contributed by atoms with van der Waals surface area (Å²) in [6.07, 6.45) is 0. The molecule has 0 saturated carbocycles. The van der Waals surface area contributed by atoms with Crippen LogP contribution in [0.1, 0.15) is 19.4 Å². The van der Waals surface area contributed by atoms with E-state index in [1.54, 1.807) is 11.8 Å². The smallest absolute Gasteiger partial charge is 0.321 e. The molecule has 0 aliphatic heterocycles. The van der Waals surface area contributed by atoms with Crippen molar-refractivity contribution in [2.24, 2.45) is 0 Å². The van der Waals surface area contributed by atoms with Crippen LogP contribution < -0.4 is 5.32 Å². The summed E-state index contributed by atoms with van der Waals surface area (Å²) in [4.78, 5) is 11.0. The first kappa shape index (κ1) is 15.3. The van der Waals surface area contributed by atoms with Crippen molar-refractivity contribution in [1.29, 1.82) is 0 Å². The van der Waals surface area contributed by atoms with E-state index < -0.39 is 12.0 Å². The third-order valence-corrected chi connectivity index (χ3v) is 3.66. The van der Waals surface area contributed by atoms with E-state index in [2.05, 4.69) is 5.32 Å². The summed E-state index contributed by atoms with van der Waals surface area (Å²) in [7, 11) is 0. The predicted octanol–water partition coefficient (Wildman–Crippen LogP) is 3.02. The Morgan fingerprint density at radius 3 is 2.50 bits per heavy atom. The van der Waals surface area contributed by atoms with Gasteiger partial charge >= 0.3 is 5.97 Å². The molecule has 1 aromatic carbocycles. The van der Waals surface area contributed by atoms with E-state index in [-0.39, 0.29) is 6.04 Å². The van der Waals surface area contributed by atoms with Gasteiger partial charge in [-0.1, -0.05) is 37.6 Å². The number of hydrogen-bond donors (Lipinski definition) is 2. The number of carboxylic acid groups (broad SMARTS) is 1. The van der Waals surface area contributed by atoms with Gasteiger partial charge in [0.05, 0.1) is 0 Å². The Labute approximate surface area is 117 Å². The molecule has 0 saturated heterocycles. The second-order valence-corrected chi connectivity index (χ2v) is 5.82. The molecule has 0 radical (unpaired) electrons. The second kappa shape index (κ2) is 7.67. The maximum atomic E-state index is 11.0. The minimum absolute atomic E-state index is 0.169. The molecule has 0 aromatic heterocycles. The average Bonchev–Trinajstić information content (AvgIpc) is 2.29. The number of benzene rings is 1. The maximum Gasteiger partial charge on any atom is 0.321 e. The normalized spacial score (nSPS) is 12.7.